The summed E-state index contributed by atoms with van der Waals surface area (Å²) in [4.78, 5) is 0. The zero-order valence-corrected chi connectivity index (χ0v) is 8.81. The molecule has 0 N–H and O–H groups in total. The lowest BCUT2D eigenvalue weighted by Crippen LogP contribution is -2.15. The monoisotopic (exact) mass is 241 g/mol. The van der Waals surface area contributed by atoms with Crippen LogP contribution in [0.15, 0.2) is 24.3 Å². The minimum absolute atomic E-state index is 0.265. The van der Waals surface area contributed by atoms with E-state index in [2.05, 4.69) is 22.0 Å². The fraction of sp³-hybridized carbons (Fsp3) is 0.300. The highest BCUT2D eigenvalue weighted by Crippen LogP contribution is 2.22. The van der Waals surface area contributed by atoms with Crippen LogP contribution in [0.5, 0.6) is 0 Å². The molecule has 1 atom stereocenters. The number of hydrogen-bond donors (Lipinski definition) is 0. The van der Waals surface area contributed by atoms with Gasteiger partial charge in [-0.05, 0) is 24.6 Å². The number of nitrogens with zero attached hydrogens (tertiary/aromatic N) is 1. The normalized spacial score (nSPS) is 14.6. The van der Waals surface area contributed by atoms with E-state index in [9.17, 15) is 4.39 Å². The number of alkyl halides is 1. The summed E-state index contributed by atoms with van der Waals surface area (Å²) in [5.41, 5.74) is 0.820. The summed E-state index contributed by atoms with van der Waals surface area (Å²) in [6.45, 7) is 1.76. The molecular weight excluding hydrogens is 233 g/mol. The van der Waals surface area contributed by atoms with Gasteiger partial charge < -0.3 is 0 Å². The summed E-state index contributed by atoms with van der Waals surface area (Å²) in [6.07, 6.45) is 0.501. The maximum Gasteiger partial charge on any atom is 0.123 e. The van der Waals surface area contributed by atoms with Crippen LogP contribution in [0.25, 0.3) is 0 Å². The maximum absolute atomic E-state index is 12.7. The second-order valence-electron chi connectivity index (χ2n) is 3.12. The largest absolute Gasteiger partial charge is 0.207 e. The van der Waals surface area contributed by atoms with Crippen LogP contribution >= 0.6 is 15.9 Å². The molecule has 0 spiro atoms. The molecule has 13 heavy (non-hydrogen) atoms. The SMILES string of the molecule is CC(Br)(C#N)Cc1cccc(F)c1. The van der Waals surface area contributed by atoms with Crippen LogP contribution in [0, 0.1) is 17.1 Å². The first-order chi connectivity index (χ1) is 6.03. The molecule has 0 amide bonds. The minimum atomic E-state index is -0.610. The van der Waals surface area contributed by atoms with Crippen LogP contribution in [0.2, 0.25) is 0 Å². The number of nitriles is 1. The van der Waals surface area contributed by atoms with Gasteiger partial charge in [0.15, 0.2) is 0 Å². The topological polar surface area (TPSA) is 23.8 Å². The molecule has 1 rings (SSSR count). The Morgan fingerprint density at radius 2 is 2.31 bits per heavy atom. The van der Waals surface area contributed by atoms with Crippen LogP contribution in [0.1, 0.15) is 12.5 Å². The average molecular weight is 242 g/mol. The van der Waals surface area contributed by atoms with Gasteiger partial charge in [-0.1, -0.05) is 28.1 Å². The van der Waals surface area contributed by atoms with Crippen molar-refractivity contribution in [2.24, 2.45) is 0 Å². The lowest BCUT2D eigenvalue weighted by molar-refractivity contribution is 0.624. The van der Waals surface area contributed by atoms with Gasteiger partial charge in [0.1, 0.15) is 10.1 Å². The van der Waals surface area contributed by atoms with E-state index >= 15 is 0 Å². The van der Waals surface area contributed by atoms with Crippen LogP contribution < -0.4 is 0 Å². The van der Waals surface area contributed by atoms with Crippen LogP contribution in [0.3, 0.4) is 0 Å². The standard InChI is InChI=1S/C10H9BrFN/c1-10(11,7-13)6-8-3-2-4-9(12)5-8/h2-5H,6H2,1H3. The highest BCUT2D eigenvalue weighted by molar-refractivity contribution is 9.10. The lowest BCUT2D eigenvalue weighted by atomic mass is 10.0. The minimum Gasteiger partial charge on any atom is -0.207 e. The quantitative estimate of drug-likeness (QED) is 0.731. The second kappa shape index (κ2) is 3.89. The predicted octanol–water partition coefficient (Wildman–Crippen LogP) is 3.05. The number of rotatable bonds is 2. The average Bonchev–Trinajstić information content (AvgIpc) is 2.03. The van der Waals surface area contributed by atoms with Crippen molar-refractivity contribution in [3.05, 3.63) is 35.6 Å². The van der Waals surface area contributed by atoms with E-state index in [1.165, 1.54) is 12.1 Å². The Morgan fingerprint density at radius 3 is 2.85 bits per heavy atom. The lowest BCUT2D eigenvalue weighted by Gasteiger charge is -2.12. The molecule has 0 saturated heterocycles. The Labute approximate surface area is 85.3 Å². The summed E-state index contributed by atoms with van der Waals surface area (Å²) in [7, 11) is 0. The molecule has 1 unspecified atom stereocenters. The zero-order chi connectivity index (χ0) is 9.90. The van der Waals surface area contributed by atoms with Crippen molar-refractivity contribution in [1.29, 1.82) is 5.26 Å². The number of hydrogen-bond acceptors (Lipinski definition) is 1. The maximum atomic E-state index is 12.7. The van der Waals surface area contributed by atoms with Gasteiger partial charge in [-0.2, -0.15) is 5.26 Å². The fourth-order valence-corrected chi connectivity index (χ4v) is 1.39. The van der Waals surface area contributed by atoms with Crippen molar-refractivity contribution in [1.82, 2.24) is 0 Å². The number of benzene rings is 1. The van der Waals surface area contributed by atoms with Gasteiger partial charge in [-0.3, -0.25) is 0 Å². The zero-order valence-electron chi connectivity index (χ0n) is 7.22. The van der Waals surface area contributed by atoms with Gasteiger partial charge in [-0.25, -0.2) is 4.39 Å². The molecule has 0 saturated carbocycles. The van der Waals surface area contributed by atoms with E-state index in [1.807, 2.05) is 0 Å². The van der Waals surface area contributed by atoms with Gasteiger partial charge in [0.25, 0.3) is 0 Å². The van der Waals surface area contributed by atoms with Crippen molar-refractivity contribution >= 4 is 15.9 Å². The first-order valence-electron chi connectivity index (χ1n) is 3.88. The summed E-state index contributed by atoms with van der Waals surface area (Å²) in [5, 5.41) is 8.73. The Morgan fingerprint density at radius 1 is 1.62 bits per heavy atom. The molecule has 0 heterocycles. The molecular formula is C10H9BrFN. The molecule has 0 fully saturated rings. The van der Waals surface area contributed by atoms with Gasteiger partial charge in [0, 0.05) is 6.42 Å². The van der Waals surface area contributed by atoms with E-state index in [1.54, 1.807) is 19.1 Å². The molecule has 1 aromatic carbocycles. The van der Waals surface area contributed by atoms with E-state index in [4.69, 9.17) is 5.26 Å². The molecule has 3 heteroatoms. The highest BCUT2D eigenvalue weighted by Gasteiger charge is 2.19. The van der Waals surface area contributed by atoms with E-state index in [0.29, 0.717) is 6.42 Å². The van der Waals surface area contributed by atoms with Crippen molar-refractivity contribution in [2.45, 2.75) is 17.7 Å². The molecule has 0 aromatic heterocycles. The molecule has 0 aliphatic rings. The third kappa shape index (κ3) is 3.16. The Balaban J connectivity index is 2.82. The smallest absolute Gasteiger partial charge is 0.123 e. The van der Waals surface area contributed by atoms with Crippen molar-refractivity contribution in [3.8, 4) is 6.07 Å². The number of halogens is 2. The molecule has 1 nitrogen and oxygen atoms in total. The third-order valence-electron chi connectivity index (χ3n) is 1.66. The van der Waals surface area contributed by atoms with Crippen molar-refractivity contribution in [3.63, 3.8) is 0 Å². The fourth-order valence-electron chi connectivity index (χ4n) is 1.07. The summed E-state index contributed by atoms with van der Waals surface area (Å²) >= 11 is 3.26. The molecule has 0 radical (unpaired) electrons. The summed E-state index contributed by atoms with van der Waals surface area (Å²) in [6, 6.07) is 8.38. The van der Waals surface area contributed by atoms with Crippen molar-refractivity contribution in [2.75, 3.05) is 0 Å². The Bertz CT molecular complexity index is 341. The highest BCUT2D eigenvalue weighted by atomic mass is 79.9. The summed E-state index contributed by atoms with van der Waals surface area (Å²) < 4.78 is 12.1. The first-order valence-corrected chi connectivity index (χ1v) is 4.67. The second-order valence-corrected chi connectivity index (χ2v) is 4.87. The van der Waals surface area contributed by atoms with Gasteiger partial charge >= 0.3 is 0 Å². The first kappa shape index (κ1) is 10.2. The molecule has 0 aliphatic carbocycles. The molecule has 0 bridgehead atoms. The van der Waals surface area contributed by atoms with E-state index < -0.39 is 4.32 Å². The van der Waals surface area contributed by atoms with Crippen LogP contribution in [0.4, 0.5) is 4.39 Å². The molecule has 68 valence electrons. The third-order valence-corrected chi connectivity index (χ3v) is 2.12. The van der Waals surface area contributed by atoms with Gasteiger partial charge in [-0.15, -0.1) is 0 Å². The van der Waals surface area contributed by atoms with Gasteiger partial charge in [0.05, 0.1) is 6.07 Å². The predicted molar refractivity (Wildman–Crippen MR) is 53.0 cm³/mol. The Hall–Kier alpha value is -0.880. The molecule has 0 aliphatic heterocycles. The molecule has 1 aromatic rings. The van der Waals surface area contributed by atoms with Crippen molar-refractivity contribution < 1.29 is 4.39 Å². The van der Waals surface area contributed by atoms with Crippen LogP contribution in [-0.2, 0) is 6.42 Å². The van der Waals surface area contributed by atoms with Crippen LogP contribution in [-0.4, -0.2) is 4.32 Å². The van der Waals surface area contributed by atoms with E-state index in [0.717, 1.165) is 5.56 Å². The van der Waals surface area contributed by atoms with Gasteiger partial charge in [0.2, 0.25) is 0 Å². The Kier molecular flexibility index (Phi) is 3.05. The van der Waals surface area contributed by atoms with E-state index in [-0.39, 0.29) is 5.82 Å². The summed E-state index contributed by atoms with van der Waals surface area (Å²) in [5.74, 6) is -0.265.